The summed E-state index contributed by atoms with van der Waals surface area (Å²) in [6.45, 7) is 3.52. The summed E-state index contributed by atoms with van der Waals surface area (Å²) < 4.78 is 0. The molecule has 0 saturated carbocycles. The molecule has 0 aromatic carbocycles. The Morgan fingerprint density at radius 3 is 2.24 bits per heavy atom. The van der Waals surface area contributed by atoms with Gasteiger partial charge in [0.1, 0.15) is 5.54 Å². The molecule has 1 aliphatic rings. The molecular weight excluding hydrogens is 220 g/mol. The Kier molecular flexibility index (Phi) is 4.54. The second-order valence-corrected chi connectivity index (χ2v) is 4.33. The number of amides is 2. The van der Waals surface area contributed by atoms with E-state index in [-0.39, 0.29) is 6.04 Å². The van der Waals surface area contributed by atoms with Gasteiger partial charge in [0.15, 0.2) is 0 Å². The molecule has 3 N–H and O–H groups in total. The second-order valence-electron chi connectivity index (χ2n) is 4.33. The van der Waals surface area contributed by atoms with Gasteiger partial charge in [-0.2, -0.15) is 0 Å². The number of carboxylic acid groups (broad SMARTS) is 1. The summed E-state index contributed by atoms with van der Waals surface area (Å²) in [4.78, 5) is 22.9. The van der Waals surface area contributed by atoms with E-state index in [0.29, 0.717) is 12.8 Å². The van der Waals surface area contributed by atoms with Crippen molar-refractivity contribution in [1.82, 2.24) is 10.6 Å². The predicted molar refractivity (Wildman–Crippen MR) is 64.8 cm³/mol. The Balaban J connectivity index is 2.54. The first-order valence-electron chi connectivity index (χ1n) is 6.01. The van der Waals surface area contributed by atoms with Gasteiger partial charge in [-0.25, -0.2) is 9.59 Å². The van der Waals surface area contributed by atoms with E-state index in [1.54, 1.807) is 13.8 Å². The topological polar surface area (TPSA) is 78.4 Å². The third-order valence-electron chi connectivity index (χ3n) is 3.31. The Hall–Kier alpha value is -1.52. The lowest BCUT2D eigenvalue weighted by Crippen LogP contribution is -2.57. The summed E-state index contributed by atoms with van der Waals surface area (Å²) in [5, 5.41) is 14.5. The van der Waals surface area contributed by atoms with Gasteiger partial charge in [0.2, 0.25) is 0 Å². The molecule has 5 nitrogen and oxygen atoms in total. The molecule has 0 radical (unpaired) electrons. The van der Waals surface area contributed by atoms with Crippen LogP contribution in [-0.2, 0) is 4.79 Å². The molecule has 0 heterocycles. The van der Waals surface area contributed by atoms with Gasteiger partial charge >= 0.3 is 12.0 Å². The van der Waals surface area contributed by atoms with Gasteiger partial charge in [-0.15, -0.1) is 0 Å². The molecule has 0 aromatic heterocycles. The van der Waals surface area contributed by atoms with Crippen LogP contribution in [0, 0.1) is 0 Å². The maximum atomic E-state index is 11.7. The standard InChI is InChI=1S/C12H20N2O3/c1-3-12(4-2,10(15)16)14-11(17)13-9-7-5-6-8-9/h5-6,9H,3-4,7-8H2,1-2H3,(H,15,16)(H2,13,14,17). The summed E-state index contributed by atoms with van der Waals surface area (Å²) in [5.74, 6) is -0.984. The molecule has 0 fully saturated rings. The molecule has 0 aliphatic heterocycles. The highest BCUT2D eigenvalue weighted by molar-refractivity contribution is 5.86. The number of carbonyl (C=O) groups excluding carboxylic acids is 1. The van der Waals surface area contributed by atoms with Crippen molar-refractivity contribution in [2.45, 2.75) is 51.1 Å². The lowest BCUT2D eigenvalue weighted by molar-refractivity contribution is -0.144. The number of hydrogen-bond donors (Lipinski definition) is 3. The highest BCUT2D eigenvalue weighted by Gasteiger charge is 2.36. The van der Waals surface area contributed by atoms with Crippen LogP contribution in [0.5, 0.6) is 0 Å². The van der Waals surface area contributed by atoms with E-state index >= 15 is 0 Å². The lowest BCUT2D eigenvalue weighted by atomic mass is 9.93. The molecule has 0 unspecified atom stereocenters. The Morgan fingerprint density at radius 2 is 1.82 bits per heavy atom. The largest absolute Gasteiger partial charge is 0.480 e. The highest BCUT2D eigenvalue weighted by Crippen LogP contribution is 2.16. The molecule has 96 valence electrons. The van der Waals surface area contributed by atoms with Crippen LogP contribution in [0.4, 0.5) is 4.79 Å². The summed E-state index contributed by atoms with van der Waals surface area (Å²) in [5.41, 5.74) is -1.16. The van der Waals surface area contributed by atoms with E-state index in [9.17, 15) is 14.7 Å². The van der Waals surface area contributed by atoms with Gasteiger partial charge < -0.3 is 15.7 Å². The van der Waals surface area contributed by atoms with Crippen LogP contribution < -0.4 is 10.6 Å². The summed E-state index contributed by atoms with van der Waals surface area (Å²) in [6.07, 6.45) is 6.38. The smallest absolute Gasteiger partial charge is 0.329 e. The molecule has 0 spiro atoms. The third-order valence-corrected chi connectivity index (χ3v) is 3.31. The lowest BCUT2D eigenvalue weighted by Gasteiger charge is -2.28. The molecule has 17 heavy (non-hydrogen) atoms. The number of hydrogen-bond acceptors (Lipinski definition) is 2. The van der Waals surface area contributed by atoms with Gasteiger partial charge in [-0.1, -0.05) is 26.0 Å². The van der Waals surface area contributed by atoms with Crippen LogP contribution in [0.1, 0.15) is 39.5 Å². The van der Waals surface area contributed by atoms with E-state index < -0.39 is 17.5 Å². The zero-order valence-corrected chi connectivity index (χ0v) is 10.3. The van der Waals surface area contributed by atoms with Gasteiger partial charge in [-0.05, 0) is 25.7 Å². The van der Waals surface area contributed by atoms with Crippen LogP contribution in [0.2, 0.25) is 0 Å². The van der Waals surface area contributed by atoms with Crippen molar-refractivity contribution < 1.29 is 14.7 Å². The molecule has 1 aliphatic carbocycles. The van der Waals surface area contributed by atoms with Gasteiger partial charge in [0.05, 0.1) is 0 Å². The minimum atomic E-state index is -1.16. The highest BCUT2D eigenvalue weighted by atomic mass is 16.4. The fraction of sp³-hybridized carbons (Fsp3) is 0.667. The van der Waals surface area contributed by atoms with Crippen molar-refractivity contribution in [2.24, 2.45) is 0 Å². The first kappa shape index (κ1) is 13.5. The van der Waals surface area contributed by atoms with Crippen LogP contribution in [0.3, 0.4) is 0 Å². The van der Waals surface area contributed by atoms with Crippen molar-refractivity contribution in [1.29, 1.82) is 0 Å². The zero-order chi connectivity index (χ0) is 12.9. The van der Waals surface area contributed by atoms with E-state index in [1.165, 1.54) is 0 Å². The molecule has 0 saturated heterocycles. The number of nitrogens with one attached hydrogen (secondary N) is 2. The fourth-order valence-electron chi connectivity index (χ4n) is 1.96. The van der Waals surface area contributed by atoms with Gasteiger partial charge in [0.25, 0.3) is 0 Å². The van der Waals surface area contributed by atoms with Crippen molar-refractivity contribution in [3.63, 3.8) is 0 Å². The summed E-state index contributed by atoms with van der Waals surface area (Å²) >= 11 is 0. The number of aliphatic carboxylic acids is 1. The molecule has 5 heteroatoms. The van der Waals surface area contributed by atoms with Crippen molar-refractivity contribution in [3.8, 4) is 0 Å². The van der Waals surface area contributed by atoms with Crippen LogP contribution >= 0.6 is 0 Å². The Morgan fingerprint density at radius 1 is 1.29 bits per heavy atom. The average Bonchev–Trinajstić information content (AvgIpc) is 2.78. The van der Waals surface area contributed by atoms with E-state index in [4.69, 9.17) is 0 Å². The maximum Gasteiger partial charge on any atom is 0.329 e. The molecule has 1 rings (SSSR count). The minimum absolute atomic E-state index is 0.0928. The molecule has 2 amide bonds. The SMILES string of the molecule is CCC(CC)(NC(=O)NC1CC=CC1)C(=O)O. The molecule has 0 bridgehead atoms. The van der Waals surface area contributed by atoms with Gasteiger partial charge in [-0.3, -0.25) is 0 Å². The van der Waals surface area contributed by atoms with E-state index in [0.717, 1.165) is 12.8 Å². The first-order valence-corrected chi connectivity index (χ1v) is 6.01. The number of carbonyl (C=O) groups is 2. The molecular formula is C12H20N2O3. The fourth-order valence-corrected chi connectivity index (χ4v) is 1.96. The molecule has 0 aromatic rings. The number of rotatable bonds is 5. The Bertz CT molecular complexity index is 314. The molecule has 0 atom stereocenters. The second kappa shape index (κ2) is 5.70. The predicted octanol–water partition coefficient (Wildman–Crippen LogP) is 1.65. The van der Waals surface area contributed by atoms with Crippen molar-refractivity contribution in [2.75, 3.05) is 0 Å². The number of carboxylic acids is 1. The quantitative estimate of drug-likeness (QED) is 0.639. The zero-order valence-electron chi connectivity index (χ0n) is 10.3. The van der Waals surface area contributed by atoms with Gasteiger partial charge in [0, 0.05) is 6.04 Å². The normalized spacial score (nSPS) is 15.9. The van der Waals surface area contributed by atoms with Crippen LogP contribution in [0.15, 0.2) is 12.2 Å². The summed E-state index contributed by atoms with van der Waals surface area (Å²) in [6, 6.07) is -0.306. The first-order chi connectivity index (χ1) is 8.04. The monoisotopic (exact) mass is 240 g/mol. The third kappa shape index (κ3) is 3.22. The van der Waals surface area contributed by atoms with Crippen molar-refractivity contribution >= 4 is 12.0 Å². The van der Waals surface area contributed by atoms with E-state index in [2.05, 4.69) is 10.6 Å². The van der Waals surface area contributed by atoms with Crippen LogP contribution in [0.25, 0.3) is 0 Å². The van der Waals surface area contributed by atoms with Crippen LogP contribution in [-0.4, -0.2) is 28.7 Å². The minimum Gasteiger partial charge on any atom is -0.480 e. The Labute approximate surface area is 101 Å². The van der Waals surface area contributed by atoms with E-state index in [1.807, 2.05) is 12.2 Å². The average molecular weight is 240 g/mol. The maximum absolute atomic E-state index is 11.7. The van der Waals surface area contributed by atoms with Crippen molar-refractivity contribution in [3.05, 3.63) is 12.2 Å². The number of urea groups is 1. The summed E-state index contributed by atoms with van der Waals surface area (Å²) in [7, 11) is 0.